The Morgan fingerprint density at radius 2 is 2.36 bits per heavy atom. The molecule has 1 N–H and O–H groups in total. The normalized spacial score (nSPS) is 8.82. The molecule has 0 aromatic heterocycles. The second kappa shape index (κ2) is 5.69. The average molecular weight is 156 g/mol. The van der Waals surface area contributed by atoms with Crippen molar-refractivity contribution in [2.24, 2.45) is 0 Å². The van der Waals surface area contributed by atoms with Gasteiger partial charge >= 0.3 is 5.91 Å². The quantitative estimate of drug-likeness (QED) is 0.570. The maximum Gasteiger partial charge on any atom is 0.302 e. The highest BCUT2D eigenvalue weighted by Crippen LogP contribution is 1.88. The number of likely N-dealkylation sites (N-methyl/N-ethyl adjacent to an activating group) is 1. The summed E-state index contributed by atoms with van der Waals surface area (Å²) in [6.07, 6.45) is 0. The highest BCUT2D eigenvalue weighted by Gasteiger charge is 2.12. The summed E-state index contributed by atoms with van der Waals surface area (Å²) in [4.78, 5) is 15.4. The Kier molecular flexibility index (Phi) is 5.13. The fourth-order valence-electron chi connectivity index (χ4n) is 0.748. The van der Waals surface area contributed by atoms with Gasteiger partial charge in [0, 0.05) is 13.1 Å². The third-order valence-electron chi connectivity index (χ3n) is 1.32. The minimum atomic E-state index is -0.212. The van der Waals surface area contributed by atoms with Gasteiger partial charge in [0.05, 0.1) is 6.61 Å². The van der Waals surface area contributed by atoms with Gasteiger partial charge in [0.2, 0.25) is 0 Å². The number of amides is 1. The molecule has 0 rings (SSSR count). The molecule has 0 aromatic carbocycles. The van der Waals surface area contributed by atoms with Gasteiger partial charge in [-0.2, -0.15) is 0 Å². The molecule has 0 radical (unpaired) electrons. The lowest BCUT2D eigenvalue weighted by molar-refractivity contribution is -0.129. The van der Waals surface area contributed by atoms with Gasteiger partial charge in [-0.3, -0.25) is 4.79 Å². The predicted octanol–water partition coefficient (Wildman–Crippen LogP) is -0.254. The van der Waals surface area contributed by atoms with E-state index in [-0.39, 0.29) is 19.1 Å². The molecule has 4 heteroatoms. The third-order valence-corrected chi connectivity index (χ3v) is 1.32. The van der Waals surface area contributed by atoms with Crippen molar-refractivity contribution in [2.45, 2.75) is 6.92 Å². The van der Waals surface area contributed by atoms with Crippen molar-refractivity contribution in [3.05, 3.63) is 11.4 Å². The molecule has 0 atom stereocenters. The zero-order valence-electron chi connectivity index (χ0n) is 6.58. The lowest BCUT2D eigenvalue weighted by Crippen LogP contribution is -2.34. The second-order valence-electron chi connectivity index (χ2n) is 2.01. The van der Waals surface area contributed by atoms with Crippen molar-refractivity contribution in [3.63, 3.8) is 0 Å². The Bertz CT molecular complexity index is 162. The summed E-state index contributed by atoms with van der Waals surface area (Å²) in [6.45, 7) is 8.98. The van der Waals surface area contributed by atoms with Crippen molar-refractivity contribution in [1.29, 1.82) is 0 Å². The molecule has 4 nitrogen and oxygen atoms in total. The molecular formula is C7H12N2O2. The van der Waals surface area contributed by atoms with Crippen LogP contribution in [0.2, 0.25) is 0 Å². The summed E-state index contributed by atoms with van der Waals surface area (Å²) in [5.41, 5.74) is 0. The van der Waals surface area contributed by atoms with E-state index in [2.05, 4.69) is 4.85 Å². The molecule has 0 fully saturated rings. The van der Waals surface area contributed by atoms with Gasteiger partial charge in [-0.05, 0) is 6.92 Å². The van der Waals surface area contributed by atoms with Gasteiger partial charge in [-0.15, -0.1) is 0 Å². The molecule has 11 heavy (non-hydrogen) atoms. The van der Waals surface area contributed by atoms with E-state index in [1.165, 1.54) is 4.90 Å². The largest absolute Gasteiger partial charge is 0.395 e. The molecule has 0 spiro atoms. The van der Waals surface area contributed by atoms with Crippen LogP contribution in [0.5, 0.6) is 0 Å². The highest BCUT2D eigenvalue weighted by molar-refractivity contribution is 5.79. The molecule has 0 saturated heterocycles. The zero-order chi connectivity index (χ0) is 8.69. The van der Waals surface area contributed by atoms with Crippen LogP contribution in [0.4, 0.5) is 0 Å². The number of aliphatic hydroxyl groups excluding tert-OH is 1. The monoisotopic (exact) mass is 156 g/mol. The lowest BCUT2D eigenvalue weighted by Gasteiger charge is -2.15. The highest BCUT2D eigenvalue weighted by atomic mass is 16.3. The van der Waals surface area contributed by atoms with Gasteiger partial charge in [-0.1, -0.05) is 0 Å². The van der Waals surface area contributed by atoms with Crippen LogP contribution in [0, 0.1) is 6.57 Å². The number of carbonyl (C=O) groups is 1. The SMILES string of the molecule is [C-]#[N+]CC(=O)N(CC)CCO. The van der Waals surface area contributed by atoms with Gasteiger partial charge in [0.15, 0.2) is 0 Å². The first-order chi connectivity index (χ1) is 5.26. The first kappa shape index (κ1) is 9.92. The van der Waals surface area contributed by atoms with E-state index < -0.39 is 0 Å². The molecule has 0 heterocycles. The Hall–Kier alpha value is -1.08. The van der Waals surface area contributed by atoms with Crippen LogP contribution < -0.4 is 0 Å². The summed E-state index contributed by atoms with van der Waals surface area (Å²) in [5.74, 6) is -0.212. The molecule has 0 aliphatic rings. The van der Waals surface area contributed by atoms with E-state index in [1.54, 1.807) is 0 Å². The van der Waals surface area contributed by atoms with Gasteiger partial charge < -0.3 is 14.9 Å². The molecule has 0 bridgehead atoms. The zero-order valence-corrected chi connectivity index (χ0v) is 6.58. The van der Waals surface area contributed by atoms with Crippen LogP contribution in [-0.2, 0) is 4.79 Å². The molecule has 62 valence electrons. The van der Waals surface area contributed by atoms with Crippen molar-refractivity contribution < 1.29 is 9.90 Å². The van der Waals surface area contributed by atoms with Crippen LogP contribution in [-0.4, -0.2) is 42.2 Å². The van der Waals surface area contributed by atoms with E-state index >= 15 is 0 Å². The van der Waals surface area contributed by atoms with E-state index in [9.17, 15) is 4.79 Å². The Morgan fingerprint density at radius 1 is 1.73 bits per heavy atom. The van der Waals surface area contributed by atoms with E-state index in [0.29, 0.717) is 13.1 Å². The van der Waals surface area contributed by atoms with Crippen LogP contribution in [0.1, 0.15) is 6.92 Å². The molecule has 0 aromatic rings. The molecule has 0 aliphatic heterocycles. The number of carbonyl (C=O) groups excluding carboxylic acids is 1. The van der Waals surface area contributed by atoms with Gasteiger partial charge in [-0.25, -0.2) is 6.57 Å². The Labute approximate surface area is 66.2 Å². The van der Waals surface area contributed by atoms with E-state index in [4.69, 9.17) is 11.7 Å². The number of nitrogens with zero attached hydrogens (tertiary/aromatic N) is 2. The van der Waals surface area contributed by atoms with Gasteiger partial charge in [0.1, 0.15) is 0 Å². The van der Waals surface area contributed by atoms with Crippen LogP contribution in [0.15, 0.2) is 0 Å². The van der Waals surface area contributed by atoms with Crippen molar-refractivity contribution in [3.8, 4) is 0 Å². The van der Waals surface area contributed by atoms with Crippen molar-refractivity contribution in [2.75, 3.05) is 26.2 Å². The first-order valence-electron chi connectivity index (χ1n) is 3.48. The number of hydrogen-bond donors (Lipinski definition) is 1. The second-order valence-corrected chi connectivity index (χ2v) is 2.01. The molecular weight excluding hydrogens is 144 g/mol. The molecule has 0 aliphatic carbocycles. The van der Waals surface area contributed by atoms with Crippen LogP contribution >= 0.6 is 0 Å². The molecule has 0 saturated carbocycles. The smallest absolute Gasteiger partial charge is 0.302 e. The summed E-state index contributed by atoms with van der Waals surface area (Å²) in [6, 6.07) is 0. The summed E-state index contributed by atoms with van der Waals surface area (Å²) in [7, 11) is 0. The number of hydrogen-bond acceptors (Lipinski definition) is 2. The summed E-state index contributed by atoms with van der Waals surface area (Å²) < 4.78 is 0. The first-order valence-corrected chi connectivity index (χ1v) is 3.48. The predicted molar refractivity (Wildman–Crippen MR) is 40.8 cm³/mol. The number of rotatable bonds is 4. The minimum Gasteiger partial charge on any atom is -0.395 e. The minimum absolute atomic E-state index is 0.0441. The Balaban J connectivity index is 3.83. The summed E-state index contributed by atoms with van der Waals surface area (Å²) >= 11 is 0. The van der Waals surface area contributed by atoms with E-state index in [1.807, 2.05) is 6.92 Å². The molecule has 1 amide bonds. The third kappa shape index (κ3) is 3.58. The summed E-state index contributed by atoms with van der Waals surface area (Å²) in [5, 5.41) is 8.51. The van der Waals surface area contributed by atoms with Crippen LogP contribution in [0.3, 0.4) is 0 Å². The molecule has 0 unspecified atom stereocenters. The lowest BCUT2D eigenvalue weighted by atomic mass is 10.4. The topological polar surface area (TPSA) is 44.9 Å². The maximum atomic E-state index is 11.0. The fraction of sp³-hybridized carbons (Fsp3) is 0.714. The number of aliphatic hydroxyl groups is 1. The fourth-order valence-corrected chi connectivity index (χ4v) is 0.748. The standard InChI is InChI=1S/C7H12N2O2/c1-3-9(4-5-10)7(11)6-8-2/h10H,3-6H2,1H3. The van der Waals surface area contributed by atoms with Crippen molar-refractivity contribution in [1.82, 2.24) is 4.90 Å². The van der Waals surface area contributed by atoms with Gasteiger partial charge in [0.25, 0.3) is 6.54 Å². The van der Waals surface area contributed by atoms with Crippen molar-refractivity contribution >= 4 is 5.91 Å². The van der Waals surface area contributed by atoms with E-state index in [0.717, 1.165) is 0 Å². The Morgan fingerprint density at radius 3 is 2.73 bits per heavy atom. The maximum absolute atomic E-state index is 11.0. The van der Waals surface area contributed by atoms with Crippen LogP contribution in [0.25, 0.3) is 4.85 Å². The average Bonchev–Trinajstić information content (AvgIpc) is 2.00.